The van der Waals surface area contributed by atoms with Crippen molar-refractivity contribution in [3.8, 4) is 5.75 Å². The number of ether oxygens (including phenoxy) is 1. The summed E-state index contributed by atoms with van der Waals surface area (Å²) in [5.41, 5.74) is 5.67. The molecule has 1 aromatic heterocycles. The number of nitrogens with one attached hydrogen (secondary N) is 2. The Morgan fingerprint density at radius 2 is 1.91 bits per heavy atom. The molecule has 1 heterocycles. The van der Waals surface area contributed by atoms with Crippen LogP contribution in [0.5, 0.6) is 5.75 Å². The van der Waals surface area contributed by atoms with E-state index in [-0.39, 0.29) is 18.3 Å². The van der Waals surface area contributed by atoms with Crippen molar-refractivity contribution in [3.63, 3.8) is 0 Å². The second-order valence-corrected chi connectivity index (χ2v) is 8.68. The van der Waals surface area contributed by atoms with Gasteiger partial charge in [-0.25, -0.2) is 5.43 Å². The average Bonchev–Trinajstić information content (AvgIpc) is 3.18. The molecule has 0 fully saturated rings. The third-order valence-corrected chi connectivity index (χ3v) is 5.93. The van der Waals surface area contributed by atoms with Crippen LogP contribution in [0, 0.1) is 6.92 Å². The Labute approximate surface area is 207 Å². The molecule has 1 aliphatic rings. The summed E-state index contributed by atoms with van der Waals surface area (Å²) in [6, 6.07) is 14.4. The lowest BCUT2D eigenvalue weighted by Crippen LogP contribution is -2.27. The first-order valence-electron chi connectivity index (χ1n) is 10.8. The molecule has 7 nitrogen and oxygen atoms in total. The molecule has 1 aliphatic carbocycles. The number of halogens is 2. The minimum atomic E-state index is -0.437. The van der Waals surface area contributed by atoms with E-state index in [1.165, 1.54) is 6.07 Å². The summed E-state index contributed by atoms with van der Waals surface area (Å²) >= 11 is 11.9. The maximum absolute atomic E-state index is 12.7. The lowest BCUT2D eigenvalue weighted by Gasteiger charge is -2.13. The second-order valence-electron chi connectivity index (χ2n) is 7.83. The van der Waals surface area contributed by atoms with Crippen LogP contribution < -0.4 is 15.5 Å². The largest absolute Gasteiger partial charge is 0.482 e. The molecule has 4 rings (SSSR count). The predicted molar refractivity (Wildman–Crippen MR) is 131 cm³/mol. The van der Waals surface area contributed by atoms with Crippen LogP contribution in [-0.2, 0) is 17.8 Å². The molecule has 0 spiro atoms. The van der Waals surface area contributed by atoms with Gasteiger partial charge in [-0.15, -0.1) is 0 Å². The molecule has 0 saturated heterocycles. The monoisotopic (exact) mass is 499 g/mol. The van der Waals surface area contributed by atoms with Gasteiger partial charge in [0.2, 0.25) is 0 Å². The molecular formula is C25H23Cl2N3O4. The van der Waals surface area contributed by atoms with E-state index in [0.29, 0.717) is 52.2 Å². The first-order chi connectivity index (χ1) is 16.4. The number of hydrogen-bond acceptors (Lipinski definition) is 5. The molecule has 0 aliphatic heterocycles. The molecule has 2 aromatic carbocycles. The molecule has 0 saturated carbocycles. The van der Waals surface area contributed by atoms with Gasteiger partial charge >= 0.3 is 0 Å². The predicted octanol–water partition coefficient (Wildman–Crippen LogP) is 5.06. The topological polar surface area (TPSA) is 92.9 Å². The Morgan fingerprint density at radius 3 is 2.68 bits per heavy atom. The van der Waals surface area contributed by atoms with Gasteiger partial charge < -0.3 is 14.5 Å². The smallest absolute Gasteiger partial charge is 0.287 e. The molecule has 2 N–H and O–H groups in total. The van der Waals surface area contributed by atoms with Crippen LogP contribution in [-0.4, -0.2) is 24.1 Å². The first kappa shape index (κ1) is 23.9. The number of carbonyl (C=O) groups is 2. The van der Waals surface area contributed by atoms with Gasteiger partial charge in [-0.2, -0.15) is 5.10 Å². The summed E-state index contributed by atoms with van der Waals surface area (Å²) in [5, 5.41) is 7.98. The van der Waals surface area contributed by atoms with Crippen molar-refractivity contribution in [1.29, 1.82) is 0 Å². The zero-order valence-corrected chi connectivity index (χ0v) is 20.0. The summed E-state index contributed by atoms with van der Waals surface area (Å²) in [5.74, 6) is 0.596. The highest BCUT2D eigenvalue weighted by Gasteiger charge is 2.28. The average molecular weight is 500 g/mol. The minimum absolute atomic E-state index is 0.261. The Hall–Kier alpha value is -3.29. The lowest BCUT2D eigenvalue weighted by molar-refractivity contribution is -0.123. The quantitative estimate of drug-likeness (QED) is 0.444. The van der Waals surface area contributed by atoms with E-state index in [9.17, 15) is 9.59 Å². The van der Waals surface area contributed by atoms with Crippen molar-refractivity contribution in [2.45, 2.75) is 32.7 Å². The number of aryl methyl sites for hydroxylation is 1. The summed E-state index contributed by atoms with van der Waals surface area (Å²) in [4.78, 5) is 25.0. The fourth-order valence-corrected chi connectivity index (χ4v) is 4.22. The third kappa shape index (κ3) is 5.61. The fraction of sp³-hybridized carbons (Fsp3) is 0.240. The van der Waals surface area contributed by atoms with Gasteiger partial charge in [-0.1, -0.05) is 53.5 Å². The first-order valence-corrected chi connectivity index (χ1v) is 11.6. The van der Waals surface area contributed by atoms with Gasteiger partial charge in [0.25, 0.3) is 11.8 Å². The van der Waals surface area contributed by atoms with Crippen LogP contribution in [0.15, 0.2) is 58.0 Å². The van der Waals surface area contributed by atoms with E-state index < -0.39 is 5.91 Å². The normalized spacial score (nSPS) is 13.9. The van der Waals surface area contributed by atoms with Gasteiger partial charge in [-0.3, -0.25) is 9.59 Å². The number of hydrazone groups is 1. The van der Waals surface area contributed by atoms with Crippen molar-refractivity contribution in [1.82, 2.24) is 10.7 Å². The SMILES string of the molecule is Cc1c(C(=O)NCc2ccccc2)oc2c1/C(=N/NC(=O)COc1ccc(Cl)cc1Cl)CCC2. The van der Waals surface area contributed by atoms with Crippen LogP contribution in [0.3, 0.4) is 0 Å². The number of fused-ring (bicyclic) bond motifs is 1. The zero-order chi connectivity index (χ0) is 24.1. The van der Waals surface area contributed by atoms with E-state index in [1.54, 1.807) is 12.1 Å². The fourth-order valence-electron chi connectivity index (χ4n) is 3.75. The van der Waals surface area contributed by atoms with Crippen molar-refractivity contribution in [2.75, 3.05) is 6.61 Å². The number of hydrogen-bond donors (Lipinski definition) is 2. The number of amides is 2. The number of nitrogens with zero attached hydrogens (tertiary/aromatic N) is 1. The molecule has 2 amide bonds. The van der Waals surface area contributed by atoms with Gasteiger partial charge in [0.05, 0.1) is 10.7 Å². The van der Waals surface area contributed by atoms with Crippen LogP contribution in [0.2, 0.25) is 10.0 Å². The molecule has 0 unspecified atom stereocenters. The van der Waals surface area contributed by atoms with Crippen LogP contribution in [0.1, 0.15) is 45.8 Å². The zero-order valence-electron chi connectivity index (χ0n) is 18.5. The summed E-state index contributed by atoms with van der Waals surface area (Å²) < 4.78 is 11.3. The molecule has 0 atom stereocenters. The third-order valence-electron chi connectivity index (χ3n) is 5.40. The molecule has 3 aromatic rings. The number of rotatable bonds is 7. The molecule has 0 bridgehead atoms. The van der Waals surface area contributed by atoms with Gasteiger partial charge in [0.1, 0.15) is 11.5 Å². The van der Waals surface area contributed by atoms with Crippen molar-refractivity contribution in [2.24, 2.45) is 5.10 Å². The molecule has 0 radical (unpaired) electrons. The highest BCUT2D eigenvalue weighted by Crippen LogP contribution is 2.30. The van der Waals surface area contributed by atoms with Crippen molar-refractivity contribution >= 4 is 40.7 Å². The number of benzene rings is 2. The maximum atomic E-state index is 12.7. The summed E-state index contributed by atoms with van der Waals surface area (Å²) in [6.45, 7) is 1.97. The van der Waals surface area contributed by atoms with E-state index in [2.05, 4.69) is 15.8 Å². The highest BCUT2D eigenvalue weighted by atomic mass is 35.5. The van der Waals surface area contributed by atoms with Gasteiger partial charge in [-0.05, 0) is 43.5 Å². The molecular weight excluding hydrogens is 477 g/mol. The standard InChI is InChI=1S/C25H23Cl2N3O4/c1-15-23-19(29-30-22(31)14-33-20-11-10-17(26)12-18(20)27)8-5-9-21(23)34-24(15)25(32)28-13-16-6-3-2-4-7-16/h2-4,6-7,10-12H,5,8-9,13-14H2,1H3,(H,28,32)(H,30,31)/b29-19+. The van der Waals surface area contributed by atoms with Crippen molar-refractivity contribution < 1.29 is 18.7 Å². The van der Waals surface area contributed by atoms with Crippen LogP contribution in [0.25, 0.3) is 0 Å². The Bertz CT molecular complexity index is 1240. The van der Waals surface area contributed by atoms with Crippen LogP contribution >= 0.6 is 23.2 Å². The van der Waals surface area contributed by atoms with Gasteiger partial charge in [0.15, 0.2) is 12.4 Å². The van der Waals surface area contributed by atoms with Gasteiger partial charge in [0, 0.05) is 29.1 Å². The molecule has 34 heavy (non-hydrogen) atoms. The number of carbonyl (C=O) groups excluding carboxylic acids is 2. The maximum Gasteiger partial charge on any atom is 0.287 e. The van der Waals surface area contributed by atoms with E-state index in [1.807, 2.05) is 37.3 Å². The Morgan fingerprint density at radius 1 is 1.12 bits per heavy atom. The molecule has 176 valence electrons. The Kier molecular flexibility index (Phi) is 7.55. The summed E-state index contributed by atoms with van der Waals surface area (Å²) in [6.07, 6.45) is 2.16. The number of furan rings is 1. The van der Waals surface area contributed by atoms with E-state index in [0.717, 1.165) is 17.5 Å². The van der Waals surface area contributed by atoms with E-state index >= 15 is 0 Å². The summed E-state index contributed by atoms with van der Waals surface area (Å²) in [7, 11) is 0. The second kappa shape index (κ2) is 10.8. The lowest BCUT2D eigenvalue weighted by atomic mass is 9.93. The molecule has 9 heteroatoms. The van der Waals surface area contributed by atoms with E-state index in [4.69, 9.17) is 32.4 Å². The van der Waals surface area contributed by atoms with Crippen LogP contribution in [0.4, 0.5) is 0 Å². The minimum Gasteiger partial charge on any atom is -0.482 e. The Balaban J connectivity index is 1.41. The van der Waals surface area contributed by atoms with Crippen molar-refractivity contribution in [3.05, 3.63) is 86.8 Å². The highest BCUT2D eigenvalue weighted by molar-refractivity contribution is 6.35.